The molecule has 3 aromatic rings. The van der Waals surface area contributed by atoms with E-state index in [0.29, 0.717) is 0 Å². The Kier molecular flexibility index (Phi) is 4.20. The summed E-state index contributed by atoms with van der Waals surface area (Å²) in [6.07, 6.45) is 6.51. The smallest absolute Gasteiger partial charge is 0.0948 e. The summed E-state index contributed by atoms with van der Waals surface area (Å²) >= 11 is 0. The molecule has 22 heavy (non-hydrogen) atoms. The van der Waals surface area contributed by atoms with E-state index >= 15 is 0 Å². The van der Waals surface area contributed by atoms with Crippen molar-refractivity contribution in [3.8, 4) is 11.4 Å². The van der Waals surface area contributed by atoms with Crippen molar-refractivity contribution >= 4 is 10.9 Å². The molecule has 4 nitrogen and oxygen atoms in total. The van der Waals surface area contributed by atoms with Gasteiger partial charge in [-0.3, -0.25) is 0 Å². The molecule has 2 heterocycles. The van der Waals surface area contributed by atoms with Crippen molar-refractivity contribution in [2.24, 2.45) is 7.05 Å². The molecule has 0 bridgehead atoms. The lowest BCUT2D eigenvalue weighted by molar-refractivity contribution is 0.284. The van der Waals surface area contributed by atoms with Crippen LogP contribution in [0.2, 0.25) is 0 Å². The summed E-state index contributed by atoms with van der Waals surface area (Å²) in [7, 11) is 1.98. The van der Waals surface area contributed by atoms with Gasteiger partial charge in [0.1, 0.15) is 0 Å². The lowest BCUT2D eigenvalue weighted by atomic mass is 10.0. The molecule has 0 aliphatic heterocycles. The van der Waals surface area contributed by atoms with Crippen molar-refractivity contribution in [3.63, 3.8) is 0 Å². The van der Waals surface area contributed by atoms with E-state index in [1.807, 2.05) is 17.8 Å². The molecule has 2 aromatic heterocycles. The molecule has 3 rings (SSSR count). The van der Waals surface area contributed by atoms with E-state index in [2.05, 4.69) is 36.2 Å². The van der Waals surface area contributed by atoms with Gasteiger partial charge in [-0.05, 0) is 55.5 Å². The number of aliphatic hydroxyl groups is 1. The Balaban J connectivity index is 1.98. The minimum absolute atomic E-state index is 0.266. The Labute approximate surface area is 130 Å². The van der Waals surface area contributed by atoms with Gasteiger partial charge >= 0.3 is 0 Å². The number of pyridine rings is 1. The van der Waals surface area contributed by atoms with Crippen LogP contribution in [0.4, 0.5) is 0 Å². The molecule has 0 unspecified atom stereocenters. The first-order valence-corrected chi connectivity index (χ1v) is 7.67. The maximum atomic E-state index is 8.89. The van der Waals surface area contributed by atoms with Crippen LogP contribution < -0.4 is 0 Å². The van der Waals surface area contributed by atoms with Gasteiger partial charge in [0.05, 0.1) is 29.4 Å². The van der Waals surface area contributed by atoms with Crippen molar-refractivity contribution in [1.82, 2.24) is 14.5 Å². The van der Waals surface area contributed by atoms with E-state index in [-0.39, 0.29) is 6.61 Å². The van der Waals surface area contributed by atoms with Crippen LogP contribution in [0, 0.1) is 6.92 Å². The predicted molar refractivity (Wildman–Crippen MR) is 88.7 cm³/mol. The molecule has 0 radical (unpaired) electrons. The van der Waals surface area contributed by atoms with Gasteiger partial charge in [-0.25, -0.2) is 9.97 Å². The van der Waals surface area contributed by atoms with Gasteiger partial charge in [-0.2, -0.15) is 0 Å². The first-order chi connectivity index (χ1) is 10.7. The molecule has 1 aromatic carbocycles. The van der Waals surface area contributed by atoms with E-state index in [9.17, 15) is 0 Å². The molecule has 0 aliphatic carbocycles. The van der Waals surface area contributed by atoms with Crippen LogP contribution >= 0.6 is 0 Å². The summed E-state index contributed by atoms with van der Waals surface area (Å²) in [6, 6.07) is 8.58. The number of aryl methyl sites for hydroxylation is 3. The minimum Gasteiger partial charge on any atom is -0.396 e. The van der Waals surface area contributed by atoms with Crippen molar-refractivity contribution in [2.45, 2.75) is 26.2 Å². The molecule has 1 N–H and O–H groups in total. The zero-order chi connectivity index (χ0) is 15.5. The molecule has 0 saturated carbocycles. The molecular formula is C18H21N3O. The number of aliphatic hydroxyl groups excluding tert-OH is 1. The maximum Gasteiger partial charge on any atom is 0.0948 e. The summed E-state index contributed by atoms with van der Waals surface area (Å²) in [4.78, 5) is 8.94. The quantitative estimate of drug-likeness (QED) is 0.735. The van der Waals surface area contributed by atoms with Crippen LogP contribution in [0.3, 0.4) is 0 Å². The monoisotopic (exact) mass is 295 g/mol. The molecule has 0 aliphatic rings. The highest BCUT2D eigenvalue weighted by Crippen LogP contribution is 2.25. The van der Waals surface area contributed by atoms with E-state index < -0.39 is 0 Å². The fourth-order valence-electron chi connectivity index (χ4n) is 2.77. The summed E-state index contributed by atoms with van der Waals surface area (Å²) < 4.78 is 1.98. The fraction of sp³-hybridized carbons (Fsp3) is 0.333. The second-order valence-electron chi connectivity index (χ2n) is 5.75. The Hall–Kier alpha value is -2.20. The van der Waals surface area contributed by atoms with Gasteiger partial charge in [-0.15, -0.1) is 0 Å². The van der Waals surface area contributed by atoms with Crippen LogP contribution in [-0.2, 0) is 13.5 Å². The van der Waals surface area contributed by atoms with Gasteiger partial charge in [0.15, 0.2) is 0 Å². The number of nitrogens with zero attached hydrogens (tertiary/aromatic N) is 3. The number of fused-ring (bicyclic) bond motifs is 1. The summed E-state index contributed by atoms with van der Waals surface area (Å²) in [5.41, 5.74) is 5.53. The zero-order valence-corrected chi connectivity index (χ0v) is 13.1. The first kappa shape index (κ1) is 14.7. The topological polar surface area (TPSA) is 50.9 Å². The molecule has 4 heteroatoms. The maximum absolute atomic E-state index is 8.89. The van der Waals surface area contributed by atoms with Gasteiger partial charge in [-0.1, -0.05) is 6.07 Å². The third-order valence-corrected chi connectivity index (χ3v) is 4.03. The van der Waals surface area contributed by atoms with Crippen LogP contribution in [0.1, 0.15) is 24.0 Å². The van der Waals surface area contributed by atoms with Gasteiger partial charge in [0, 0.05) is 19.0 Å². The average molecular weight is 295 g/mol. The SMILES string of the molecule is Cc1cc(-c2cncn2C)nc2ccc(CCCCO)cc12. The van der Waals surface area contributed by atoms with Crippen molar-refractivity contribution in [1.29, 1.82) is 0 Å². The highest BCUT2D eigenvalue weighted by atomic mass is 16.2. The number of rotatable bonds is 5. The van der Waals surface area contributed by atoms with Crippen molar-refractivity contribution in [2.75, 3.05) is 6.61 Å². The number of hydrogen-bond acceptors (Lipinski definition) is 3. The van der Waals surface area contributed by atoms with Crippen LogP contribution in [-0.4, -0.2) is 26.2 Å². The van der Waals surface area contributed by atoms with Gasteiger partial charge in [0.2, 0.25) is 0 Å². The van der Waals surface area contributed by atoms with Crippen LogP contribution in [0.5, 0.6) is 0 Å². The number of hydrogen-bond donors (Lipinski definition) is 1. The van der Waals surface area contributed by atoms with Crippen molar-refractivity contribution < 1.29 is 5.11 Å². The predicted octanol–water partition coefficient (Wildman–Crippen LogP) is 3.26. The highest BCUT2D eigenvalue weighted by molar-refractivity contribution is 5.85. The number of unbranched alkanes of at least 4 members (excludes halogenated alkanes) is 1. The molecule has 0 amide bonds. The molecule has 0 saturated heterocycles. The van der Waals surface area contributed by atoms with Crippen LogP contribution in [0.25, 0.3) is 22.3 Å². The van der Waals surface area contributed by atoms with Crippen molar-refractivity contribution in [3.05, 3.63) is 47.9 Å². The van der Waals surface area contributed by atoms with E-state index in [1.165, 1.54) is 16.5 Å². The molecule has 0 fully saturated rings. The van der Waals surface area contributed by atoms with E-state index in [1.54, 1.807) is 6.33 Å². The average Bonchev–Trinajstić information content (AvgIpc) is 2.94. The fourth-order valence-corrected chi connectivity index (χ4v) is 2.77. The summed E-state index contributed by atoms with van der Waals surface area (Å²) in [5, 5.41) is 10.1. The third-order valence-electron chi connectivity index (χ3n) is 4.03. The minimum atomic E-state index is 0.266. The standard InChI is InChI=1S/C18H21N3O/c1-13-9-17(18-11-19-12-21(18)2)20-16-7-6-14(10-15(13)16)5-3-4-8-22/h6-7,9-12,22H,3-5,8H2,1-2H3. The Morgan fingerprint density at radius 2 is 2.05 bits per heavy atom. The highest BCUT2D eigenvalue weighted by Gasteiger charge is 2.08. The summed E-state index contributed by atoms with van der Waals surface area (Å²) in [6.45, 7) is 2.39. The Morgan fingerprint density at radius 3 is 2.77 bits per heavy atom. The number of aromatic nitrogens is 3. The second-order valence-corrected chi connectivity index (χ2v) is 5.75. The van der Waals surface area contributed by atoms with E-state index in [4.69, 9.17) is 10.1 Å². The lowest BCUT2D eigenvalue weighted by Crippen LogP contribution is -1.95. The second kappa shape index (κ2) is 6.28. The molecule has 0 atom stereocenters. The molecule has 114 valence electrons. The number of imidazole rings is 1. The summed E-state index contributed by atoms with van der Waals surface area (Å²) in [5.74, 6) is 0. The van der Waals surface area contributed by atoms with Crippen LogP contribution in [0.15, 0.2) is 36.8 Å². The van der Waals surface area contributed by atoms with Gasteiger partial charge < -0.3 is 9.67 Å². The molecule has 0 spiro atoms. The largest absolute Gasteiger partial charge is 0.396 e. The van der Waals surface area contributed by atoms with Gasteiger partial charge in [0.25, 0.3) is 0 Å². The number of benzene rings is 1. The zero-order valence-electron chi connectivity index (χ0n) is 13.1. The van der Waals surface area contributed by atoms with E-state index in [0.717, 1.165) is 36.2 Å². The third kappa shape index (κ3) is 2.88. The lowest BCUT2D eigenvalue weighted by Gasteiger charge is -2.09. The Bertz CT molecular complexity index is 792. The first-order valence-electron chi connectivity index (χ1n) is 7.67. The Morgan fingerprint density at radius 1 is 1.18 bits per heavy atom. The molecular weight excluding hydrogens is 274 g/mol. The normalized spacial score (nSPS) is 11.2.